The Hall–Kier alpha value is -2.04. The summed E-state index contributed by atoms with van der Waals surface area (Å²) in [5.74, 6) is 0. The van der Waals surface area contributed by atoms with Gasteiger partial charge < -0.3 is 15.5 Å². The molecule has 2 aromatic carbocycles. The summed E-state index contributed by atoms with van der Waals surface area (Å²) in [4.78, 5) is 14.2. The molecule has 3 rings (SSSR count). The van der Waals surface area contributed by atoms with Gasteiger partial charge in [-0.25, -0.2) is 4.79 Å². The summed E-state index contributed by atoms with van der Waals surface area (Å²) in [5.41, 5.74) is 3.66. The number of hydrogen-bond donors (Lipinski definition) is 2. The van der Waals surface area contributed by atoms with Crippen LogP contribution in [0.5, 0.6) is 0 Å². The monoisotopic (exact) mass is 331 g/mol. The van der Waals surface area contributed by atoms with Gasteiger partial charge >= 0.3 is 6.03 Å². The predicted molar refractivity (Wildman–Crippen MR) is 94.6 cm³/mol. The number of nitrogens with zero attached hydrogens (tertiary/aromatic N) is 1. The fourth-order valence-electron chi connectivity index (χ4n) is 2.85. The van der Waals surface area contributed by atoms with E-state index in [0.29, 0.717) is 19.6 Å². The van der Waals surface area contributed by atoms with E-state index in [1.54, 1.807) is 0 Å². The molecule has 0 bridgehead atoms. The van der Waals surface area contributed by atoms with E-state index in [0.717, 1.165) is 0 Å². The van der Waals surface area contributed by atoms with Gasteiger partial charge in [-0.2, -0.15) is 0 Å². The molecular formula is C18H22ClN3O. The van der Waals surface area contributed by atoms with Crippen molar-refractivity contribution in [3.05, 3.63) is 71.3 Å². The van der Waals surface area contributed by atoms with Crippen LogP contribution in [0.2, 0.25) is 0 Å². The average Bonchev–Trinajstić information content (AvgIpc) is 3.00. The SMILES string of the molecule is CNC(CNC(=O)N1Cc2ccccc2C1)c1ccccc1.Cl. The van der Waals surface area contributed by atoms with E-state index >= 15 is 0 Å². The third kappa shape index (κ3) is 4.03. The van der Waals surface area contributed by atoms with Crippen molar-refractivity contribution in [3.8, 4) is 0 Å². The molecule has 0 saturated carbocycles. The maximum absolute atomic E-state index is 12.4. The van der Waals surface area contributed by atoms with Crippen LogP contribution in [0, 0.1) is 0 Å². The first kappa shape index (κ1) is 17.3. The van der Waals surface area contributed by atoms with Gasteiger partial charge in [-0.15, -0.1) is 12.4 Å². The number of urea groups is 1. The molecule has 0 fully saturated rings. The Bertz CT molecular complexity index is 623. The third-order valence-corrected chi connectivity index (χ3v) is 4.14. The quantitative estimate of drug-likeness (QED) is 0.904. The van der Waals surface area contributed by atoms with Crippen molar-refractivity contribution in [1.82, 2.24) is 15.5 Å². The van der Waals surface area contributed by atoms with Crippen LogP contribution in [0.4, 0.5) is 4.79 Å². The number of rotatable bonds is 4. The first-order valence-corrected chi connectivity index (χ1v) is 7.59. The summed E-state index contributed by atoms with van der Waals surface area (Å²) in [6.07, 6.45) is 0. The Kier molecular flexibility index (Phi) is 6.02. The first-order chi connectivity index (χ1) is 10.8. The number of carbonyl (C=O) groups excluding carboxylic acids is 1. The summed E-state index contributed by atoms with van der Waals surface area (Å²) in [5, 5.41) is 6.28. The molecule has 0 saturated heterocycles. The van der Waals surface area contributed by atoms with Crippen LogP contribution in [-0.4, -0.2) is 24.5 Å². The Morgan fingerprint density at radius 3 is 2.17 bits per heavy atom. The zero-order chi connectivity index (χ0) is 15.4. The van der Waals surface area contributed by atoms with Gasteiger partial charge in [-0.05, 0) is 23.7 Å². The lowest BCUT2D eigenvalue weighted by Gasteiger charge is -2.21. The van der Waals surface area contributed by atoms with E-state index in [1.807, 2.05) is 42.3 Å². The van der Waals surface area contributed by atoms with Gasteiger partial charge in [-0.3, -0.25) is 0 Å². The summed E-state index contributed by atoms with van der Waals surface area (Å²) in [6, 6.07) is 18.5. The van der Waals surface area contributed by atoms with Gasteiger partial charge in [0.15, 0.2) is 0 Å². The minimum absolute atomic E-state index is 0. The van der Waals surface area contributed by atoms with Crippen molar-refractivity contribution < 1.29 is 4.79 Å². The fourth-order valence-corrected chi connectivity index (χ4v) is 2.85. The van der Waals surface area contributed by atoms with Crippen LogP contribution in [0.1, 0.15) is 22.7 Å². The van der Waals surface area contributed by atoms with Crippen molar-refractivity contribution >= 4 is 18.4 Å². The molecule has 23 heavy (non-hydrogen) atoms. The first-order valence-electron chi connectivity index (χ1n) is 7.59. The van der Waals surface area contributed by atoms with Crippen molar-refractivity contribution in [2.45, 2.75) is 19.1 Å². The molecule has 1 heterocycles. The normalized spacial score (nSPS) is 13.9. The highest BCUT2D eigenvalue weighted by Gasteiger charge is 2.23. The standard InChI is InChI=1S/C18H21N3O.ClH/c1-19-17(14-7-3-2-4-8-14)11-20-18(22)21-12-15-9-5-6-10-16(15)13-21;/h2-10,17,19H,11-13H2,1H3,(H,20,22);1H. The molecule has 1 aliphatic heterocycles. The van der Waals surface area contributed by atoms with Crippen LogP contribution in [0.15, 0.2) is 54.6 Å². The van der Waals surface area contributed by atoms with E-state index in [2.05, 4.69) is 34.9 Å². The van der Waals surface area contributed by atoms with Crippen molar-refractivity contribution in [3.63, 3.8) is 0 Å². The predicted octanol–water partition coefficient (Wildman–Crippen LogP) is 3.09. The molecule has 0 spiro atoms. The molecule has 0 radical (unpaired) electrons. The van der Waals surface area contributed by atoms with Crippen LogP contribution >= 0.6 is 12.4 Å². The second kappa shape index (κ2) is 7.99. The van der Waals surface area contributed by atoms with E-state index in [-0.39, 0.29) is 24.5 Å². The molecule has 1 atom stereocenters. The maximum Gasteiger partial charge on any atom is 0.318 e. The summed E-state index contributed by atoms with van der Waals surface area (Å²) in [7, 11) is 1.91. The third-order valence-electron chi connectivity index (χ3n) is 4.14. The number of halogens is 1. The number of hydrogen-bond acceptors (Lipinski definition) is 2. The zero-order valence-electron chi connectivity index (χ0n) is 13.2. The Morgan fingerprint density at radius 1 is 1.04 bits per heavy atom. The van der Waals surface area contributed by atoms with Gasteiger partial charge in [0.25, 0.3) is 0 Å². The second-order valence-corrected chi connectivity index (χ2v) is 5.56. The van der Waals surface area contributed by atoms with Crippen molar-refractivity contribution in [2.75, 3.05) is 13.6 Å². The lowest BCUT2D eigenvalue weighted by Crippen LogP contribution is -2.40. The average molecular weight is 332 g/mol. The van der Waals surface area contributed by atoms with Gasteiger partial charge in [-0.1, -0.05) is 54.6 Å². The van der Waals surface area contributed by atoms with E-state index in [4.69, 9.17) is 0 Å². The molecule has 4 nitrogen and oxygen atoms in total. The molecular weight excluding hydrogens is 310 g/mol. The highest BCUT2D eigenvalue weighted by atomic mass is 35.5. The molecule has 0 aromatic heterocycles. The molecule has 2 aromatic rings. The van der Waals surface area contributed by atoms with E-state index < -0.39 is 0 Å². The molecule has 0 aliphatic carbocycles. The van der Waals surface area contributed by atoms with Crippen LogP contribution in [0.3, 0.4) is 0 Å². The molecule has 122 valence electrons. The molecule has 2 amide bonds. The van der Waals surface area contributed by atoms with E-state index in [1.165, 1.54) is 16.7 Å². The van der Waals surface area contributed by atoms with Gasteiger partial charge in [0.05, 0.1) is 0 Å². The lowest BCUT2D eigenvalue weighted by molar-refractivity contribution is 0.197. The van der Waals surface area contributed by atoms with Gasteiger partial charge in [0.2, 0.25) is 0 Å². The van der Waals surface area contributed by atoms with Crippen molar-refractivity contribution in [2.24, 2.45) is 0 Å². The molecule has 1 unspecified atom stereocenters. The highest BCUT2D eigenvalue weighted by molar-refractivity contribution is 5.85. The number of carbonyl (C=O) groups is 1. The Morgan fingerprint density at radius 2 is 1.61 bits per heavy atom. The number of likely N-dealkylation sites (N-methyl/N-ethyl adjacent to an activating group) is 1. The lowest BCUT2D eigenvalue weighted by atomic mass is 10.1. The zero-order valence-corrected chi connectivity index (χ0v) is 14.0. The number of amides is 2. The minimum Gasteiger partial charge on any atom is -0.336 e. The largest absolute Gasteiger partial charge is 0.336 e. The molecule has 1 aliphatic rings. The number of benzene rings is 2. The molecule has 5 heteroatoms. The van der Waals surface area contributed by atoms with Gasteiger partial charge in [0.1, 0.15) is 0 Å². The maximum atomic E-state index is 12.4. The smallest absolute Gasteiger partial charge is 0.318 e. The summed E-state index contributed by atoms with van der Waals surface area (Å²) >= 11 is 0. The van der Waals surface area contributed by atoms with E-state index in [9.17, 15) is 4.79 Å². The van der Waals surface area contributed by atoms with Gasteiger partial charge in [0, 0.05) is 25.7 Å². The van der Waals surface area contributed by atoms with Crippen molar-refractivity contribution in [1.29, 1.82) is 0 Å². The molecule has 2 N–H and O–H groups in total. The number of fused-ring (bicyclic) bond motifs is 1. The van der Waals surface area contributed by atoms with Crippen LogP contribution in [-0.2, 0) is 13.1 Å². The Labute approximate surface area is 143 Å². The summed E-state index contributed by atoms with van der Waals surface area (Å²) < 4.78 is 0. The van der Waals surface area contributed by atoms with Crippen LogP contribution in [0.25, 0.3) is 0 Å². The van der Waals surface area contributed by atoms with Crippen LogP contribution < -0.4 is 10.6 Å². The second-order valence-electron chi connectivity index (χ2n) is 5.56. The topological polar surface area (TPSA) is 44.4 Å². The Balaban J connectivity index is 0.00000192. The number of nitrogens with one attached hydrogen (secondary N) is 2. The fraction of sp³-hybridized carbons (Fsp3) is 0.278. The highest BCUT2D eigenvalue weighted by Crippen LogP contribution is 2.22. The summed E-state index contributed by atoms with van der Waals surface area (Å²) in [6.45, 7) is 1.96. The minimum atomic E-state index is -0.00705.